The third-order valence-corrected chi connectivity index (χ3v) is 4.18. The molecule has 24 heavy (non-hydrogen) atoms. The van der Waals surface area contributed by atoms with E-state index in [1.165, 1.54) is 0 Å². The molecule has 4 nitrogen and oxygen atoms in total. The molecule has 0 saturated heterocycles. The normalized spacial score (nSPS) is 12.4. The molecule has 1 atom stereocenters. The van der Waals surface area contributed by atoms with Gasteiger partial charge in [-0.05, 0) is 37.2 Å². The monoisotopic (exact) mass is 409 g/mol. The number of nitrogens with one attached hydrogen (secondary N) is 3. The topological polar surface area (TPSA) is 53.2 Å². The molecule has 8 heteroatoms. The number of thiocarbonyl (C=S) groups is 1. The Bertz CT molecular complexity index is 564. The predicted molar refractivity (Wildman–Crippen MR) is 107 cm³/mol. The highest BCUT2D eigenvalue weighted by Gasteiger charge is 2.34. The number of unbranched alkanes of at least 4 members (excludes halogenated alkanes) is 2. The van der Waals surface area contributed by atoms with E-state index in [2.05, 4.69) is 22.9 Å². The van der Waals surface area contributed by atoms with Gasteiger partial charge in [-0.3, -0.25) is 4.79 Å². The van der Waals surface area contributed by atoms with Gasteiger partial charge in [0.15, 0.2) is 5.11 Å². The lowest BCUT2D eigenvalue weighted by Crippen LogP contribution is -2.56. The molecule has 1 aromatic carbocycles. The van der Waals surface area contributed by atoms with Gasteiger partial charge in [-0.2, -0.15) is 0 Å². The molecule has 0 aromatic heterocycles. The number of hydrogen-bond acceptors (Lipinski definition) is 2. The summed E-state index contributed by atoms with van der Waals surface area (Å²) in [5, 5.41) is 8.81. The van der Waals surface area contributed by atoms with Crippen molar-refractivity contribution in [2.45, 2.75) is 49.5 Å². The molecule has 1 aromatic rings. The molecule has 134 valence electrons. The van der Waals surface area contributed by atoms with Crippen molar-refractivity contribution in [1.29, 1.82) is 0 Å². The minimum Gasteiger partial charge on any atom is -0.339 e. The molecule has 0 fully saturated rings. The third kappa shape index (κ3) is 7.88. The summed E-state index contributed by atoms with van der Waals surface area (Å²) in [6, 6.07) is 7.65. The van der Waals surface area contributed by atoms with Crippen LogP contribution in [0.15, 0.2) is 24.3 Å². The fourth-order valence-corrected chi connectivity index (χ4v) is 2.53. The van der Waals surface area contributed by atoms with Crippen LogP contribution in [0.4, 0.5) is 5.69 Å². The fraction of sp³-hybridized carbons (Fsp3) is 0.500. The summed E-state index contributed by atoms with van der Waals surface area (Å²) in [6.07, 6.45) is 2.25. The molecule has 0 aliphatic rings. The van der Waals surface area contributed by atoms with Crippen LogP contribution in [0.2, 0.25) is 0 Å². The Kier molecular flexibility index (Phi) is 9.13. The van der Waals surface area contributed by atoms with Crippen molar-refractivity contribution in [3.63, 3.8) is 0 Å². The van der Waals surface area contributed by atoms with Crippen LogP contribution >= 0.6 is 47.0 Å². The molecule has 0 heterocycles. The molecular formula is C16H22Cl3N3OS. The van der Waals surface area contributed by atoms with Gasteiger partial charge < -0.3 is 16.0 Å². The van der Waals surface area contributed by atoms with E-state index in [1.54, 1.807) is 0 Å². The summed E-state index contributed by atoms with van der Waals surface area (Å²) < 4.78 is -1.74. The first kappa shape index (κ1) is 21.3. The van der Waals surface area contributed by atoms with Crippen molar-refractivity contribution in [1.82, 2.24) is 10.6 Å². The second-order valence-corrected chi connectivity index (χ2v) is 8.19. The summed E-state index contributed by atoms with van der Waals surface area (Å²) >= 11 is 23.1. The minimum atomic E-state index is -1.74. The van der Waals surface area contributed by atoms with Gasteiger partial charge in [0, 0.05) is 12.1 Å². The van der Waals surface area contributed by atoms with Gasteiger partial charge in [0.25, 0.3) is 0 Å². The Morgan fingerprint density at radius 3 is 2.46 bits per heavy atom. The van der Waals surface area contributed by atoms with Crippen LogP contribution in [-0.2, 0) is 4.79 Å². The Morgan fingerprint density at radius 2 is 1.88 bits per heavy atom. The Balaban J connectivity index is 2.64. The standard InChI is InChI=1S/C16H22Cl3N3OS/c1-3-4-5-10-13(23)21-14(16(17,18)19)22-15(24)20-12-9-7-6-8-11(12)2/h6-9,14H,3-5,10H2,1-2H3,(H,21,23)(H2,20,22,24)/t14-/m0/s1. The van der Waals surface area contributed by atoms with Gasteiger partial charge in [0.1, 0.15) is 6.17 Å². The van der Waals surface area contributed by atoms with Crippen LogP contribution in [0.1, 0.15) is 38.2 Å². The Hall–Kier alpha value is -0.750. The van der Waals surface area contributed by atoms with Gasteiger partial charge >= 0.3 is 0 Å². The number of aryl methyl sites for hydroxylation is 1. The lowest BCUT2D eigenvalue weighted by atomic mass is 10.2. The first-order valence-electron chi connectivity index (χ1n) is 7.73. The minimum absolute atomic E-state index is 0.189. The Morgan fingerprint density at radius 1 is 1.21 bits per heavy atom. The average molecular weight is 411 g/mol. The van der Waals surface area contributed by atoms with E-state index in [0.717, 1.165) is 30.5 Å². The summed E-state index contributed by atoms with van der Waals surface area (Å²) in [4.78, 5) is 12.0. The number of carbonyl (C=O) groups is 1. The van der Waals surface area contributed by atoms with E-state index in [1.807, 2.05) is 31.2 Å². The third-order valence-electron chi connectivity index (χ3n) is 3.31. The molecule has 0 bridgehead atoms. The highest BCUT2D eigenvalue weighted by molar-refractivity contribution is 7.80. The molecule has 0 unspecified atom stereocenters. The summed E-state index contributed by atoms with van der Waals surface area (Å²) in [5.41, 5.74) is 1.86. The lowest BCUT2D eigenvalue weighted by molar-refractivity contribution is -0.122. The van der Waals surface area contributed by atoms with Gasteiger partial charge in [-0.25, -0.2) is 0 Å². The number of benzene rings is 1. The number of carbonyl (C=O) groups excluding carboxylic acids is 1. The van der Waals surface area contributed by atoms with Crippen LogP contribution < -0.4 is 16.0 Å². The summed E-state index contributed by atoms with van der Waals surface area (Å²) in [6.45, 7) is 4.02. The zero-order valence-electron chi connectivity index (χ0n) is 13.7. The molecule has 0 aliphatic carbocycles. The van der Waals surface area contributed by atoms with Crippen LogP contribution in [0.5, 0.6) is 0 Å². The maximum Gasteiger partial charge on any atom is 0.228 e. The lowest BCUT2D eigenvalue weighted by Gasteiger charge is -2.28. The molecule has 0 spiro atoms. The smallest absolute Gasteiger partial charge is 0.228 e. The molecule has 1 rings (SSSR count). The van der Waals surface area contributed by atoms with Gasteiger partial charge in [0.2, 0.25) is 9.70 Å². The first-order chi connectivity index (χ1) is 11.2. The maximum absolute atomic E-state index is 12.0. The van der Waals surface area contributed by atoms with Crippen molar-refractivity contribution >= 4 is 63.7 Å². The van der Waals surface area contributed by atoms with Crippen LogP contribution in [0.25, 0.3) is 0 Å². The second kappa shape index (κ2) is 10.3. The van der Waals surface area contributed by atoms with Crippen molar-refractivity contribution in [3.8, 4) is 0 Å². The number of alkyl halides is 3. The number of anilines is 1. The number of halogens is 3. The molecular weight excluding hydrogens is 389 g/mol. The molecule has 0 radical (unpaired) electrons. The predicted octanol–water partition coefficient (Wildman–Crippen LogP) is 4.67. The van der Waals surface area contributed by atoms with E-state index in [9.17, 15) is 4.79 Å². The van der Waals surface area contributed by atoms with E-state index in [4.69, 9.17) is 47.0 Å². The maximum atomic E-state index is 12.0. The number of para-hydroxylation sites is 1. The Labute approximate surface area is 163 Å². The highest BCUT2D eigenvalue weighted by atomic mass is 35.6. The first-order valence-corrected chi connectivity index (χ1v) is 9.27. The van der Waals surface area contributed by atoms with Gasteiger partial charge in [-0.1, -0.05) is 72.8 Å². The van der Waals surface area contributed by atoms with E-state index >= 15 is 0 Å². The molecule has 0 aliphatic heterocycles. The number of rotatable bonds is 7. The van der Waals surface area contributed by atoms with Crippen molar-refractivity contribution in [3.05, 3.63) is 29.8 Å². The quantitative estimate of drug-likeness (QED) is 0.264. The van der Waals surface area contributed by atoms with Crippen molar-refractivity contribution < 1.29 is 4.79 Å². The SMILES string of the molecule is CCCCCC(=O)N[C@@H](NC(=S)Nc1ccccc1C)C(Cl)(Cl)Cl. The number of amides is 1. The van der Waals surface area contributed by atoms with Gasteiger partial charge in [0.05, 0.1) is 0 Å². The molecule has 1 amide bonds. The van der Waals surface area contributed by atoms with Crippen molar-refractivity contribution in [2.24, 2.45) is 0 Å². The zero-order chi connectivity index (χ0) is 18.2. The number of hydrogen-bond donors (Lipinski definition) is 3. The zero-order valence-corrected chi connectivity index (χ0v) is 16.7. The molecule has 3 N–H and O–H groups in total. The van der Waals surface area contributed by atoms with Gasteiger partial charge in [-0.15, -0.1) is 0 Å². The van der Waals surface area contributed by atoms with Crippen LogP contribution in [-0.4, -0.2) is 21.0 Å². The highest BCUT2D eigenvalue weighted by Crippen LogP contribution is 2.29. The van der Waals surface area contributed by atoms with Crippen LogP contribution in [0.3, 0.4) is 0 Å². The van der Waals surface area contributed by atoms with E-state index in [-0.39, 0.29) is 11.0 Å². The van der Waals surface area contributed by atoms with Crippen LogP contribution in [0, 0.1) is 6.92 Å². The van der Waals surface area contributed by atoms with E-state index in [0.29, 0.717) is 6.42 Å². The molecule has 0 saturated carbocycles. The fourth-order valence-electron chi connectivity index (χ4n) is 1.97. The van der Waals surface area contributed by atoms with Crippen molar-refractivity contribution in [2.75, 3.05) is 5.32 Å². The average Bonchev–Trinajstić information content (AvgIpc) is 2.48. The summed E-state index contributed by atoms with van der Waals surface area (Å²) in [5.74, 6) is -0.189. The second-order valence-electron chi connectivity index (χ2n) is 5.41. The summed E-state index contributed by atoms with van der Waals surface area (Å²) in [7, 11) is 0. The van der Waals surface area contributed by atoms with E-state index < -0.39 is 9.96 Å². The largest absolute Gasteiger partial charge is 0.339 e.